The first-order chi connectivity index (χ1) is 16.2. The third kappa shape index (κ3) is 6.26. The van der Waals surface area contributed by atoms with Crippen molar-refractivity contribution in [1.29, 1.82) is 0 Å². The Kier molecular flexibility index (Phi) is 7.75. The normalized spacial score (nSPS) is 14.6. The third-order valence-electron chi connectivity index (χ3n) is 5.07. The van der Waals surface area contributed by atoms with Gasteiger partial charge >= 0.3 is 12.2 Å². The van der Waals surface area contributed by atoms with Crippen molar-refractivity contribution >= 4 is 23.2 Å². The number of para-hydroxylation sites is 1. The Morgan fingerprint density at radius 2 is 1.68 bits per heavy atom. The molecule has 1 aliphatic heterocycles. The van der Waals surface area contributed by atoms with Gasteiger partial charge in [0, 0.05) is 23.4 Å². The van der Waals surface area contributed by atoms with E-state index in [1.807, 2.05) is 48.5 Å². The fraction of sp³-hybridized carbons (Fsp3) is 0.167. The number of hydrogen-bond acceptors (Lipinski definition) is 5. The maximum Gasteiger partial charge on any atom is 0.416 e. The number of carbonyl (C=O) groups excluding carboxylic acids is 2. The highest BCUT2D eigenvalue weighted by Crippen LogP contribution is 2.33. The van der Waals surface area contributed by atoms with Gasteiger partial charge in [-0.3, -0.25) is 10.2 Å². The van der Waals surface area contributed by atoms with Crippen molar-refractivity contribution in [3.8, 4) is 5.75 Å². The van der Waals surface area contributed by atoms with Crippen LogP contribution in [0.1, 0.15) is 33.9 Å². The zero-order valence-corrected chi connectivity index (χ0v) is 18.1. The summed E-state index contributed by atoms with van der Waals surface area (Å²) in [5.41, 5.74) is 4.04. The fourth-order valence-electron chi connectivity index (χ4n) is 3.33. The molecule has 178 valence electrons. The maximum absolute atomic E-state index is 12.1. The molecular formula is C24H23F3N4O3. The van der Waals surface area contributed by atoms with Crippen molar-refractivity contribution in [2.75, 3.05) is 17.7 Å². The minimum Gasteiger partial charge on any atom is -0.497 e. The minimum absolute atomic E-state index is 0.0355. The quantitative estimate of drug-likeness (QED) is 0.240. The third-order valence-corrected chi connectivity index (χ3v) is 5.07. The largest absolute Gasteiger partial charge is 0.497 e. The van der Waals surface area contributed by atoms with Crippen molar-refractivity contribution < 1.29 is 27.5 Å². The molecular weight excluding hydrogens is 449 g/mol. The number of Topliss-reactive ketones (excluding diaryl/α,β-unsaturated/α-hetero) is 1. The molecule has 0 radical (unpaired) electrons. The average molecular weight is 472 g/mol. The van der Waals surface area contributed by atoms with Gasteiger partial charge in [-0.05, 0) is 54.1 Å². The van der Waals surface area contributed by atoms with Crippen LogP contribution >= 0.6 is 0 Å². The average Bonchev–Trinajstić information content (AvgIpc) is 2.84. The van der Waals surface area contributed by atoms with Crippen LogP contribution < -0.4 is 26.6 Å². The van der Waals surface area contributed by atoms with Crippen LogP contribution in [0.2, 0.25) is 0 Å². The highest BCUT2D eigenvalue weighted by atomic mass is 19.4. The lowest BCUT2D eigenvalue weighted by atomic mass is 9.92. The predicted molar refractivity (Wildman–Crippen MR) is 123 cm³/mol. The molecule has 5 N–H and O–H groups in total. The van der Waals surface area contributed by atoms with Crippen LogP contribution in [0, 0.1) is 0 Å². The van der Waals surface area contributed by atoms with E-state index in [0.717, 1.165) is 46.8 Å². The number of alkyl halides is 3. The highest BCUT2D eigenvalue weighted by Gasteiger charge is 2.30. The number of amides is 2. The van der Waals surface area contributed by atoms with Gasteiger partial charge in [-0.1, -0.05) is 24.3 Å². The number of nitrogens with two attached hydrogens (primary N) is 1. The maximum atomic E-state index is 12.1. The number of halogens is 3. The molecule has 4 rings (SSSR count). The van der Waals surface area contributed by atoms with Gasteiger partial charge in [-0.25, -0.2) is 10.6 Å². The summed E-state index contributed by atoms with van der Waals surface area (Å²) in [6.07, 6.45) is -3.89. The van der Waals surface area contributed by atoms with Gasteiger partial charge in [-0.15, -0.1) is 0 Å². The molecule has 0 bridgehead atoms. The molecule has 7 nitrogen and oxygen atoms in total. The van der Waals surface area contributed by atoms with Gasteiger partial charge in [-0.2, -0.15) is 13.2 Å². The van der Waals surface area contributed by atoms with E-state index in [9.17, 15) is 22.8 Å². The predicted octanol–water partition coefficient (Wildman–Crippen LogP) is 5.14. The van der Waals surface area contributed by atoms with Gasteiger partial charge in [0.2, 0.25) is 0 Å². The number of methoxy groups -OCH3 is 1. The lowest BCUT2D eigenvalue weighted by Gasteiger charge is -2.26. The second kappa shape index (κ2) is 10.7. The summed E-state index contributed by atoms with van der Waals surface area (Å²) in [5.74, 6) is 5.79. The van der Waals surface area contributed by atoms with Crippen molar-refractivity contribution in [2.24, 2.45) is 5.84 Å². The van der Waals surface area contributed by atoms with Gasteiger partial charge in [0.05, 0.1) is 18.7 Å². The van der Waals surface area contributed by atoms with Gasteiger partial charge in [0.15, 0.2) is 5.78 Å². The number of anilines is 2. The molecule has 34 heavy (non-hydrogen) atoms. The topological polar surface area (TPSA) is 105 Å². The molecule has 0 aliphatic carbocycles. The van der Waals surface area contributed by atoms with Gasteiger partial charge < -0.3 is 15.4 Å². The summed E-state index contributed by atoms with van der Waals surface area (Å²) >= 11 is 0. The summed E-state index contributed by atoms with van der Waals surface area (Å²) in [5, 5.41) is 5.65. The first-order valence-electron chi connectivity index (χ1n) is 10.2. The molecule has 0 spiro atoms. The van der Waals surface area contributed by atoms with E-state index in [4.69, 9.17) is 10.6 Å². The molecule has 0 saturated heterocycles. The number of nitrogens with one attached hydrogen (secondary N) is 3. The number of urea groups is 1. The summed E-state index contributed by atoms with van der Waals surface area (Å²) in [7, 11) is 1.65. The van der Waals surface area contributed by atoms with Crippen LogP contribution in [0.4, 0.5) is 29.3 Å². The van der Waals surface area contributed by atoms with Crippen LogP contribution in [0.5, 0.6) is 5.75 Å². The summed E-state index contributed by atoms with van der Waals surface area (Å²) in [6, 6.07) is 18.8. The molecule has 1 unspecified atom stereocenters. The zero-order valence-electron chi connectivity index (χ0n) is 18.1. The molecule has 3 aromatic carbocycles. The Balaban J connectivity index is 0.000000197. The number of rotatable bonds is 3. The summed E-state index contributed by atoms with van der Waals surface area (Å²) in [6.45, 7) is 0. The van der Waals surface area contributed by atoms with E-state index in [0.29, 0.717) is 6.42 Å². The Morgan fingerprint density at radius 1 is 1.03 bits per heavy atom. The fourth-order valence-corrected chi connectivity index (χ4v) is 3.33. The first kappa shape index (κ1) is 24.6. The lowest BCUT2D eigenvalue weighted by Crippen LogP contribution is -2.34. The second-order valence-corrected chi connectivity index (χ2v) is 7.32. The molecule has 1 aliphatic rings. The van der Waals surface area contributed by atoms with Crippen LogP contribution in [0.3, 0.4) is 0 Å². The number of benzene rings is 3. The van der Waals surface area contributed by atoms with Gasteiger partial charge in [0.1, 0.15) is 5.75 Å². The Hall–Kier alpha value is -4.05. The van der Waals surface area contributed by atoms with Crippen molar-refractivity contribution in [3.63, 3.8) is 0 Å². The van der Waals surface area contributed by atoms with E-state index < -0.39 is 17.8 Å². The van der Waals surface area contributed by atoms with E-state index in [1.165, 1.54) is 0 Å². The standard InChI is InChI=1S/C16H15NO2.C8H8F3N3O/c1-19-12-8-6-11(7-9-12)15-10-16(18)13-4-2-3-5-14(13)17-15;9-8(10,11)5-1-3-6(4-2-5)13-7(15)14-12/h2-9,15,17H,10H2,1H3;1-4H,12H2,(H2,13,14,15). The van der Waals surface area contributed by atoms with Crippen molar-refractivity contribution in [3.05, 3.63) is 89.5 Å². The van der Waals surface area contributed by atoms with Crippen LogP contribution in [-0.2, 0) is 6.18 Å². The first-order valence-corrected chi connectivity index (χ1v) is 10.2. The zero-order chi connectivity index (χ0) is 24.7. The SMILES string of the molecule is COc1ccc(C2CC(=O)c3ccccc3N2)cc1.NNC(=O)Nc1ccc(C(F)(F)F)cc1. The summed E-state index contributed by atoms with van der Waals surface area (Å²) in [4.78, 5) is 22.8. The lowest BCUT2D eigenvalue weighted by molar-refractivity contribution is -0.137. The van der Waals surface area contributed by atoms with E-state index in [2.05, 4.69) is 10.6 Å². The number of ketones is 1. The molecule has 0 saturated carbocycles. The Bertz CT molecular complexity index is 1130. The molecule has 10 heteroatoms. The monoisotopic (exact) mass is 472 g/mol. The number of hydrazine groups is 1. The number of fused-ring (bicyclic) bond motifs is 1. The molecule has 1 atom stereocenters. The summed E-state index contributed by atoms with van der Waals surface area (Å²) < 4.78 is 41.5. The molecule has 0 aromatic heterocycles. The number of carbonyl (C=O) groups is 2. The minimum atomic E-state index is -4.38. The highest BCUT2D eigenvalue weighted by molar-refractivity contribution is 6.03. The smallest absolute Gasteiger partial charge is 0.416 e. The van der Waals surface area contributed by atoms with Crippen LogP contribution in [0.15, 0.2) is 72.8 Å². The molecule has 1 heterocycles. The molecule has 0 fully saturated rings. The van der Waals surface area contributed by atoms with Crippen LogP contribution in [0.25, 0.3) is 0 Å². The number of hydrogen-bond donors (Lipinski definition) is 4. The molecule has 3 aromatic rings. The van der Waals surface area contributed by atoms with E-state index in [1.54, 1.807) is 12.5 Å². The van der Waals surface area contributed by atoms with Crippen LogP contribution in [-0.4, -0.2) is 18.9 Å². The second-order valence-electron chi connectivity index (χ2n) is 7.32. The Morgan fingerprint density at radius 3 is 2.26 bits per heavy atom. The van der Waals surface area contributed by atoms with Crippen molar-refractivity contribution in [1.82, 2.24) is 5.43 Å². The van der Waals surface area contributed by atoms with Gasteiger partial charge in [0.25, 0.3) is 0 Å². The van der Waals surface area contributed by atoms with E-state index in [-0.39, 0.29) is 17.5 Å². The van der Waals surface area contributed by atoms with Crippen molar-refractivity contribution in [2.45, 2.75) is 18.6 Å². The van der Waals surface area contributed by atoms with E-state index >= 15 is 0 Å². The Labute approximate surface area is 194 Å². The molecule has 2 amide bonds. The number of ether oxygens (including phenoxy) is 1.